The standard InChI is InChI=1S/C20H21N3O2S/c1-12-17(13(2)23-22-12)10-11-21-20(25)16-6-4-15(5-7-16)19-9-8-18(26-19)14(3)24/h4-9H,10-11H2,1-3H3,(H,21,25)(H,22,23). The lowest BCUT2D eigenvalue weighted by molar-refractivity contribution is 0.0953. The number of thiophene rings is 1. The molecule has 0 aliphatic rings. The molecule has 3 rings (SSSR count). The zero-order valence-electron chi connectivity index (χ0n) is 15.1. The maximum Gasteiger partial charge on any atom is 0.251 e. The smallest absolute Gasteiger partial charge is 0.251 e. The molecular weight excluding hydrogens is 346 g/mol. The number of hydrogen-bond acceptors (Lipinski definition) is 4. The number of carbonyl (C=O) groups excluding carboxylic acids is 2. The first-order chi connectivity index (χ1) is 12.5. The van der Waals surface area contributed by atoms with Crippen LogP contribution >= 0.6 is 11.3 Å². The van der Waals surface area contributed by atoms with E-state index >= 15 is 0 Å². The molecule has 0 radical (unpaired) electrons. The van der Waals surface area contributed by atoms with Crippen LogP contribution in [0, 0.1) is 13.8 Å². The van der Waals surface area contributed by atoms with Crippen LogP contribution in [0.4, 0.5) is 0 Å². The number of Topliss-reactive ketones (excluding diaryl/α,β-unsaturated/α-hetero) is 1. The molecule has 0 aliphatic heterocycles. The van der Waals surface area contributed by atoms with E-state index in [4.69, 9.17) is 0 Å². The van der Waals surface area contributed by atoms with Gasteiger partial charge in [-0.05, 0) is 62.6 Å². The fourth-order valence-electron chi connectivity index (χ4n) is 2.81. The monoisotopic (exact) mass is 367 g/mol. The normalized spacial score (nSPS) is 10.7. The van der Waals surface area contributed by atoms with Crippen LogP contribution in [0.3, 0.4) is 0 Å². The summed E-state index contributed by atoms with van der Waals surface area (Å²) < 4.78 is 0. The number of ketones is 1. The summed E-state index contributed by atoms with van der Waals surface area (Å²) >= 11 is 1.46. The van der Waals surface area contributed by atoms with E-state index in [-0.39, 0.29) is 11.7 Å². The summed E-state index contributed by atoms with van der Waals surface area (Å²) in [7, 11) is 0. The molecule has 2 N–H and O–H groups in total. The van der Waals surface area contributed by atoms with Crippen LogP contribution in [0.2, 0.25) is 0 Å². The highest BCUT2D eigenvalue weighted by Gasteiger charge is 2.10. The van der Waals surface area contributed by atoms with Gasteiger partial charge < -0.3 is 5.32 Å². The van der Waals surface area contributed by atoms with E-state index in [1.165, 1.54) is 11.3 Å². The highest BCUT2D eigenvalue weighted by molar-refractivity contribution is 7.17. The third kappa shape index (κ3) is 3.91. The SMILES string of the molecule is CC(=O)c1ccc(-c2ccc(C(=O)NCCc3c(C)n[nH]c3C)cc2)s1. The van der Waals surface area contributed by atoms with Crippen LogP contribution in [0.5, 0.6) is 0 Å². The van der Waals surface area contributed by atoms with Gasteiger partial charge in [-0.15, -0.1) is 11.3 Å². The number of rotatable bonds is 6. The second kappa shape index (κ2) is 7.66. The molecule has 5 nitrogen and oxygen atoms in total. The number of hydrogen-bond donors (Lipinski definition) is 2. The Morgan fingerprint density at radius 1 is 1.12 bits per heavy atom. The zero-order valence-corrected chi connectivity index (χ0v) is 15.9. The number of aromatic amines is 1. The van der Waals surface area contributed by atoms with E-state index in [0.717, 1.165) is 38.7 Å². The third-order valence-electron chi connectivity index (χ3n) is 4.33. The van der Waals surface area contributed by atoms with Crippen molar-refractivity contribution in [1.82, 2.24) is 15.5 Å². The molecule has 26 heavy (non-hydrogen) atoms. The molecule has 134 valence electrons. The minimum absolute atomic E-state index is 0.0698. The number of nitrogens with zero attached hydrogens (tertiary/aromatic N) is 1. The molecular formula is C20H21N3O2S. The van der Waals surface area contributed by atoms with Crippen LogP contribution in [-0.2, 0) is 6.42 Å². The van der Waals surface area contributed by atoms with Crippen LogP contribution in [-0.4, -0.2) is 28.4 Å². The van der Waals surface area contributed by atoms with Crippen molar-refractivity contribution in [3.63, 3.8) is 0 Å². The number of H-pyrrole nitrogens is 1. The molecule has 0 saturated heterocycles. The highest BCUT2D eigenvalue weighted by atomic mass is 32.1. The van der Waals surface area contributed by atoms with Crippen molar-refractivity contribution < 1.29 is 9.59 Å². The molecule has 6 heteroatoms. The van der Waals surface area contributed by atoms with E-state index in [0.29, 0.717) is 12.1 Å². The van der Waals surface area contributed by atoms with Gasteiger partial charge in [0.25, 0.3) is 5.91 Å². The fraction of sp³-hybridized carbons (Fsp3) is 0.250. The maximum atomic E-state index is 12.3. The average molecular weight is 367 g/mol. The lowest BCUT2D eigenvalue weighted by atomic mass is 10.1. The quantitative estimate of drug-likeness (QED) is 0.648. The van der Waals surface area contributed by atoms with Crippen LogP contribution in [0.1, 0.15) is 43.9 Å². The van der Waals surface area contributed by atoms with E-state index in [2.05, 4.69) is 15.5 Å². The van der Waals surface area contributed by atoms with Crippen molar-refractivity contribution in [2.45, 2.75) is 27.2 Å². The molecule has 0 atom stereocenters. The van der Waals surface area contributed by atoms with Crippen LogP contribution < -0.4 is 5.32 Å². The Morgan fingerprint density at radius 2 is 1.85 bits per heavy atom. The number of amides is 1. The van der Waals surface area contributed by atoms with Crippen LogP contribution in [0.25, 0.3) is 10.4 Å². The van der Waals surface area contributed by atoms with Gasteiger partial charge in [0, 0.05) is 22.7 Å². The molecule has 1 aromatic carbocycles. The lowest BCUT2D eigenvalue weighted by Crippen LogP contribution is -2.25. The molecule has 0 saturated carbocycles. The second-order valence-electron chi connectivity index (χ2n) is 6.22. The van der Waals surface area contributed by atoms with Crippen molar-refractivity contribution in [1.29, 1.82) is 0 Å². The van der Waals surface area contributed by atoms with E-state index in [1.54, 1.807) is 6.92 Å². The summed E-state index contributed by atoms with van der Waals surface area (Å²) in [5, 5.41) is 10.1. The predicted octanol–water partition coefficient (Wildman–Crippen LogP) is 3.93. The van der Waals surface area contributed by atoms with Gasteiger partial charge in [0.05, 0.1) is 10.6 Å². The van der Waals surface area contributed by atoms with Gasteiger partial charge >= 0.3 is 0 Å². The van der Waals surface area contributed by atoms with Gasteiger partial charge in [0.2, 0.25) is 0 Å². The van der Waals surface area contributed by atoms with E-state index < -0.39 is 0 Å². The second-order valence-corrected chi connectivity index (χ2v) is 7.30. The van der Waals surface area contributed by atoms with Gasteiger partial charge in [-0.2, -0.15) is 5.10 Å². The molecule has 0 fully saturated rings. The predicted molar refractivity (Wildman–Crippen MR) is 104 cm³/mol. The molecule has 1 amide bonds. The summed E-state index contributed by atoms with van der Waals surface area (Å²) in [6, 6.07) is 11.2. The van der Waals surface area contributed by atoms with Crippen molar-refractivity contribution in [3.8, 4) is 10.4 Å². The van der Waals surface area contributed by atoms with Gasteiger partial charge in [-0.1, -0.05) is 12.1 Å². The van der Waals surface area contributed by atoms with Crippen molar-refractivity contribution in [2.24, 2.45) is 0 Å². The summed E-state index contributed by atoms with van der Waals surface area (Å²) in [6.07, 6.45) is 0.751. The summed E-state index contributed by atoms with van der Waals surface area (Å²) in [5.74, 6) is -0.0219. The topological polar surface area (TPSA) is 74.8 Å². The zero-order chi connectivity index (χ0) is 18.7. The minimum Gasteiger partial charge on any atom is -0.352 e. The molecule has 0 aliphatic carbocycles. The molecule has 0 unspecified atom stereocenters. The highest BCUT2D eigenvalue weighted by Crippen LogP contribution is 2.28. The lowest BCUT2D eigenvalue weighted by Gasteiger charge is -2.06. The van der Waals surface area contributed by atoms with Crippen molar-refractivity contribution in [3.05, 3.63) is 63.8 Å². The fourth-order valence-corrected chi connectivity index (χ4v) is 3.72. The van der Waals surface area contributed by atoms with Gasteiger partial charge in [-0.25, -0.2) is 0 Å². The Morgan fingerprint density at radius 3 is 2.42 bits per heavy atom. The number of aromatic nitrogens is 2. The number of benzene rings is 1. The molecule has 0 bridgehead atoms. The van der Waals surface area contributed by atoms with Gasteiger partial charge in [-0.3, -0.25) is 14.7 Å². The Bertz CT molecular complexity index is 919. The molecule has 2 heterocycles. The molecule has 3 aromatic rings. The van der Waals surface area contributed by atoms with E-state index in [1.807, 2.05) is 50.2 Å². The minimum atomic E-state index is -0.0917. The largest absolute Gasteiger partial charge is 0.352 e. The first-order valence-corrected chi connectivity index (χ1v) is 9.27. The first kappa shape index (κ1) is 18.1. The number of carbonyl (C=O) groups is 2. The maximum absolute atomic E-state index is 12.3. The summed E-state index contributed by atoms with van der Waals surface area (Å²) in [4.78, 5) is 25.5. The Kier molecular flexibility index (Phi) is 5.32. The third-order valence-corrected chi connectivity index (χ3v) is 5.56. The van der Waals surface area contributed by atoms with Crippen LogP contribution in [0.15, 0.2) is 36.4 Å². The van der Waals surface area contributed by atoms with Gasteiger partial charge in [0.1, 0.15) is 0 Å². The molecule has 0 spiro atoms. The van der Waals surface area contributed by atoms with Crippen molar-refractivity contribution in [2.75, 3.05) is 6.54 Å². The van der Waals surface area contributed by atoms with E-state index in [9.17, 15) is 9.59 Å². The molecule has 2 aromatic heterocycles. The Labute approximate surface area is 156 Å². The number of aryl methyl sites for hydroxylation is 2. The average Bonchev–Trinajstić information content (AvgIpc) is 3.24. The summed E-state index contributed by atoms with van der Waals surface area (Å²) in [6.45, 7) is 6.07. The number of nitrogens with one attached hydrogen (secondary N) is 2. The van der Waals surface area contributed by atoms with Gasteiger partial charge in [0.15, 0.2) is 5.78 Å². The Hall–Kier alpha value is -2.73. The summed E-state index contributed by atoms with van der Waals surface area (Å²) in [5.41, 5.74) is 4.80. The van der Waals surface area contributed by atoms with Crippen molar-refractivity contribution >= 4 is 23.0 Å². The Balaban J connectivity index is 1.60. The first-order valence-electron chi connectivity index (χ1n) is 8.45.